The molecule has 0 unspecified atom stereocenters. The molecule has 6 heteroatoms. The highest BCUT2D eigenvalue weighted by Gasteiger charge is 2.50. The number of carbonyl (C=O) groups is 1. The summed E-state index contributed by atoms with van der Waals surface area (Å²) in [5.41, 5.74) is 0.217. The number of hydrogen-bond acceptors (Lipinski definition) is 3. The molecule has 1 aromatic rings. The van der Waals surface area contributed by atoms with Gasteiger partial charge < -0.3 is 5.32 Å². The molecule has 25 heavy (non-hydrogen) atoms. The Kier molecular flexibility index (Phi) is 4.35. The van der Waals surface area contributed by atoms with Crippen LogP contribution in [0.15, 0.2) is 29.2 Å². The van der Waals surface area contributed by atoms with Gasteiger partial charge in [0.15, 0.2) is 9.84 Å². The number of benzene rings is 1. The van der Waals surface area contributed by atoms with E-state index in [1.807, 2.05) is 0 Å². The van der Waals surface area contributed by atoms with Crippen LogP contribution in [0.25, 0.3) is 0 Å². The Hall–Kier alpha value is -1.07. The van der Waals surface area contributed by atoms with E-state index in [1.54, 1.807) is 0 Å². The van der Waals surface area contributed by atoms with Crippen LogP contribution >= 0.6 is 11.6 Å². The van der Waals surface area contributed by atoms with Gasteiger partial charge in [-0.3, -0.25) is 4.79 Å². The molecule has 4 fully saturated rings. The second-order valence-electron chi connectivity index (χ2n) is 8.41. The average molecular weight is 382 g/mol. The number of rotatable bonds is 5. The fraction of sp³-hybridized carbons (Fsp3) is 0.632. The van der Waals surface area contributed by atoms with Crippen molar-refractivity contribution in [2.24, 2.45) is 23.2 Å². The highest BCUT2D eigenvalue weighted by molar-refractivity contribution is 7.92. The zero-order valence-corrected chi connectivity index (χ0v) is 15.8. The van der Waals surface area contributed by atoms with Gasteiger partial charge in [-0.15, -0.1) is 0 Å². The molecular weight excluding hydrogens is 358 g/mol. The number of nitrogens with one attached hydrogen (secondary N) is 1. The predicted molar refractivity (Wildman–Crippen MR) is 97.1 cm³/mol. The Bertz CT molecular complexity index is 737. The summed E-state index contributed by atoms with van der Waals surface area (Å²) in [5.74, 6) is 1.56. The number of carbonyl (C=O) groups excluding carboxylic acids is 1. The minimum atomic E-state index is -3.63. The molecule has 0 aromatic heterocycles. The lowest BCUT2D eigenvalue weighted by atomic mass is 9.49. The number of halogens is 1. The summed E-state index contributed by atoms with van der Waals surface area (Å²) < 4.78 is 24.7. The molecule has 0 radical (unpaired) electrons. The molecule has 0 atom stereocenters. The zero-order chi connectivity index (χ0) is 17.7. The summed E-state index contributed by atoms with van der Waals surface area (Å²) >= 11 is 5.79. The van der Waals surface area contributed by atoms with Gasteiger partial charge >= 0.3 is 0 Å². The van der Waals surface area contributed by atoms with Crippen molar-refractivity contribution in [2.45, 2.75) is 43.4 Å². The van der Waals surface area contributed by atoms with Crippen LogP contribution in [0.5, 0.6) is 0 Å². The molecule has 0 heterocycles. The summed E-state index contributed by atoms with van der Waals surface area (Å²) in [4.78, 5) is 12.4. The van der Waals surface area contributed by atoms with Crippen molar-refractivity contribution in [3.63, 3.8) is 0 Å². The quantitative estimate of drug-likeness (QED) is 0.849. The maximum absolute atomic E-state index is 12.4. The third kappa shape index (κ3) is 3.59. The first-order valence-corrected chi connectivity index (χ1v) is 11.1. The standard InChI is InChI=1S/C19H24ClNO3S/c20-16-1-3-17(4-2-16)25(23,24)11-18(22)21-12-19-8-13-5-14(9-19)7-15(6-13)10-19/h1-4,13-15H,5-12H2,(H,21,22). The molecule has 4 bridgehead atoms. The van der Waals surface area contributed by atoms with Crippen molar-refractivity contribution in [3.05, 3.63) is 29.3 Å². The molecule has 4 saturated carbocycles. The minimum absolute atomic E-state index is 0.141. The third-order valence-electron chi connectivity index (χ3n) is 6.32. The minimum Gasteiger partial charge on any atom is -0.355 e. The summed E-state index contributed by atoms with van der Waals surface area (Å²) in [6.07, 6.45) is 7.67. The maximum atomic E-state index is 12.4. The lowest BCUT2D eigenvalue weighted by Gasteiger charge is -2.56. The molecule has 0 saturated heterocycles. The van der Waals surface area contributed by atoms with E-state index in [4.69, 9.17) is 11.6 Å². The first kappa shape index (κ1) is 17.3. The van der Waals surface area contributed by atoms with Gasteiger partial charge in [0.1, 0.15) is 5.75 Å². The first-order valence-electron chi connectivity index (χ1n) is 9.09. The van der Waals surface area contributed by atoms with Crippen LogP contribution in [0.2, 0.25) is 5.02 Å². The van der Waals surface area contributed by atoms with E-state index in [0.717, 1.165) is 17.8 Å². The Balaban J connectivity index is 1.37. The number of sulfone groups is 1. The SMILES string of the molecule is O=C(CS(=O)(=O)c1ccc(Cl)cc1)NCC12CC3CC(CC(C3)C1)C2. The van der Waals surface area contributed by atoms with E-state index in [2.05, 4.69) is 5.32 Å². The molecule has 1 N–H and O–H groups in total. The van der Waals surface area contributed by atoms with Crippen LogP contribution in [0.3, 0.4) is 0 Å². The molecule has 4 aliphatic rings. The second-order valence-corrected chi connectivity index (χ2v) is 10.8. The predicted octanol–water partition coefficient (Wildman–Crippen LogP) is 3.45. The highest BCUT2D eigenvalue weighted by atomic mass is 35.5. The molecule has 0 spiro atoms. The molecule has 5 rings (SSSR count). The Morgan fingerprint density at radius 3 is 2.08 bits per heavy atom. The summed E-state index contributed by atoms with van der Waals surface area (Å²) in [7, 11) is -3.63. The molecule has 4 aliphatic carbocycles. The van der Waals surface area contributed by atoms with Gasteiger partial charge in [0.25, 0.3) is 0 Å². The van der Waals surface area contributed by atoms with Crippen molar-refractivity contribution in [1.82, 2.24) is 5.32 Å². The monoisotopic (exact) mass is 381 g/mol. The van der Waals surface area contributed by atoms with Crippen molar-refractivity contribution in [3.8, 4) is 0 Å². The summed E-state index contributed by atoms with van der Waals surface area (Å²) in [6.45, 7) is 0.630. The molecule has 4 nitrogen and oxygen atoms in total. The smallest absolute Gasteiger partial charge is 0.235 e. The van der Waals surface area contributed by atoms with Gasteiger partial charge in [0.05, 0.1) is 4.90 Å². The topological polar surface area (TPSA) is 63.2 Å². The average Bonchev–Trinajstić information content (AvgIpc) is 2.52. The van der Waals surface area contributed by atoms with Crippen LogP contribution in [0, 0.1) is 23.2 Å². The Morgan fingerprint density at radius 1 is 1.04 bits per heavy atom. The van der Waals surface area contributed by atoms with Crippen molar-refractivity contribution < 1.29 is 13.2 Å². The van der Waals surface area contributed by atoms with E-state index >= 15 is 0 Å². The van der Waals surface area contributed by atoms with Gasteiger partial charge in [0.2, 0.25) is 5.91 Å². The van der Waals surface area contributed by atoms with E-state index in [1.165, 1.54) is 62.8 Å². The van der Waals surface area contributed by atoms with Crippen LogP contribution in [-0.2, 0) is 14.6 Å². The first-order chi connectivity index (χ1) is 11.8. The van der Waals surface area contributed by atoms with Crippen LogP contribution in [0.4, 0.5) is 0 Å². The molecule has 136 valence electrons. The summed E-state index contributed by atoms with van der Waals surface area (Å²) in [6, 6.07) is 5.96. The summed E-state index contributed by atoms with van der Waals surface area (Å²) in [5, 5.41) is 3.41. The zero-order valence-electron chi connectivity index (χ0n) is 14.2. The fourth-order valence-corrected chi connectivity index (χ4v) is 7.03. The van der Waals surface area contributed by atoms with Crippen LogP contribution in [0.1, 0.15) is 38.5 Å². The van der Waals surface area contributed by atoms with Crippen molar-refractivity contribution in [2.75, 3.05) is 12.3 Å². The largest absolute Gasteiger partial charge is 0.355 e. The number of amides is 1. The second kappa shape index (κ2) is 6.27. The van der Waals surface area contributed by atoms with Gasteiger partial charge in [-0.2, -0.15) is 0 Å². The molecule has 1 aromatic carbocycles. The van der Waals surface area contributed by atoms with E-state index < -0.39 is 21.5 Å². The molecular formula is C19H24ClNO3S. The molecule has 0 aliphatic heterocycles. The highest BCUT2D eigenvalue weighted by Crippen LogP contribution is 2.59. The molecule has 1 amide bonds. The van der Waals surface area contributed by atoms with Crippen LogP contribution < -0.4 is 5.32 Å². The third-order valence-corrected chi connectivity index (χ3v) is 8.20. The maximum Gasteiger partial charge on any atom is 0.235 e. The van der Waals surface area contributed by atoms with E-state index in [-0.39, 0.29) is 10.3 Å². The van der Waals surface area contributed by atoms with Crippen molar-refractivity contribution >= 4 is 27.3 Å². The van der Waals surface area contributed by atoms with Gasteiger partial charge in [-0.25, -0.2) is 8.42 Å². The van der Waals surface area contributed by atoms with Gasteiger partial charge in [-0.05, 0) is 86.0 Å². The normalized spacial score (nSPS) is 33.4. The van der Waals surface area contributed by atoms with Crippen molar-refractivity contribution in [1.29, 1.82) is 0 Å². The van der Waals surface area contributed by atoms with E-state index in [0.29, 0.717) is 11.6 Å². The lowest BCUT2D eigenvalue weighted by Crippen LogP contribution is -2.51. The van der Waals surface area contributed by atoms with Gasteiger partial charge in [-0.1, -0.05) is 11.6 Å². The number of hydrogen-bond donors (Lipinski definition) is 1. The van der Waals surface area contributed by atoms with Crippen LogP contribution in [-0.4, -0.2) is 26.6 Å². The van der Waals surface area contributed by atoms with Gasteiger partial charge in [0, 0.05) is 11.6 Å². The Labute approximate surface area is 154 Å². The van der Waals surface area contributed by atoms with E-state index in [9.17, 15) is 13.2 Å². The Morgan fingerprint density at radius 2 is 1.56 bits per heavy atom. The fourth-order valence-electron chi connectivity index (χ4n) is 5.74. The lowest BCUT2D eigenvalue weighted by molar-refractivity contribution is -0.120.